The predicted molar refractivity (Wildman–Crippen MR) is 139 cm³/mol. The van der Waals surface area contributed by atoms with Gasteiger partial charge < -0.3 is 4.74 Å². The van der Waals surface area contributed by atoms with Gasteiger partial charge in [-0.1, -0.05) is 85.1 Å². The lowest BCUT2D eigenvalue weighted by atomic mass is 9.90. The van der Waals surface area contributed by atoms with Gasteiger partial charge in [0.25, 0.3) is 0 Å². The Kier molecular flexibility index (Phi) is 6.80. The zero-order valence-corrected chi connectivity index (χ0v) is 21.7. The Hall–Kier alpha value is -2.65. The minimum atomic E-state index is -1.80. The van der Waals surface area contributed by atoms with Crippen LogP contribution in [0.15, 0.2) is 82.8 Å². The minimum absolute atomic E-state index is 0.282. The number of hydrogen-bond acceptors (Lipinski definition) is 2. The Bertz CT molecular complexity index is 1100. The fraction of sp³-hybridized carbons (Fsp3) is 0.345. The molecule has 2 nitrogen and oxygen atoms in total. The number of allylic oxidation sites excluding steroid dienone is 11. The van der Waals surface area contributed by atoms with E-state index in [0.717, 1.165) is 11.1 Å². The topological polar surface area (TPSA) is 26.3 Å². The predicted octanol–water partition coefficient (Wildman–Crippen LogP) is 7.70. The van der Waals surface area contributed by atoms with E-state index in [1.54, 1.807) is 0 Å². The monoisotopic (exact) mass is 444 g/mol. The zero-order valence-electron chi connectivity index (χ0n) is 20.7. The van der Waals surface area contributed by atoms with Crippen LogP contribution in [0.3, 0.4) is 0 Å². The number of carbonyl (C=O) groups is 1. The Morgan fingerprint density at radius 2 is 1.75 bits per heavy atom. The molecule has 0 saturated heterocycles. The molecule has 1 unspecified atom stereocenters. The van der Waals surface area contributed by atoms with Crippen molar-refractivity contribution in [2.75, 3.05) is 0 Å². The number of esters is 1. The highest BCUT2D eigenvalue weighted by Crippen LogP contribution is 2.37. The smallest absolute Gasteiger partial charge is 0.338 e. The van der Waals surface area contributed by atoms with Crippen molar-refractivity contribution < 1.29 is 9.53 Å². The Morgan fingerprint density at radius 1 is 1.03 bits per heavy atom. The molecule has 0 N–H and O–H groups in total. The third kappa shape index (κ3) is 5.58. The van der Waals surface area contributed by atoms with E-state index in [1.807, 2.05) is 32.9 Å². The first-order valence-electron chi connectivity index (χ1n) is 11.4. The van der Waals surface area contributed by atoms with E-state index in [-0.39, 0.29) is 5.97 Å². The van der Waals surface area contributed by atoms with E-state index in [1.165, 1.54) is 21.9 Å². The first-order valence-corrected chi connectivity index (χ1v) is 14.5. The maximum Gasteiger partial charge on any atom is 0.338 e. The summed E-state index contributed by atoms with van der Waals surface area (Å²) in [6.45, 7) is 17.0. The lowest BCUT2D eigenvalue weighted by molar-refractivity contribution is 0.00694. The van der Waals surface area contributed by atoms with Gasteiger partial charge in [0, 0.05) is 0 Å². The van der Waals surface area contributed by atoms with Crippen molar-refractivity contribution >= 4 is 19.6 Å². The van der Waals surface area contributed by atoms with Gasteiger partial charge in [0.05, 0.1) is 5.56 Å². The number of benzene rings is 1. The van der Waals surface area contributed by atoms with Gasteiger partial charge in [-0.3, -0.25) is 0 Å². The van der Waals surface area contributed by atoms with Crippen molar-refractivity contribution in [1.29, 1.82) is 0 Å². The number of fused-ring (bicyclic) bond motifs is 1. The Balaban J connectivity index is 2.17. The number of aryl methyl sites for hydroxylation is 1. The van der Waals surface area contributed by atoms with Crippen LogP contribution in [0.2, 0.25) is 13.1 Å². The lowest BCUT2D eigenvalue weighted by Crippen LogP contribution is -2.29. The molecule has 168 valence electrons. The first kappa shape index (κ1) is 24.0. The molecule has 32 heavy (non-hydrogen) atoms. The van der Waals surface area contributed by atoms with Crippen molar-refractivity contribution in [3.8, 4) is 0 Å². The summed E-state index contributed by atoms with van der Waals surface area (Å²) in [6, 6.07) is 5.90. The molecule has 2 aliphatic rings. The fourth-order valence-corrected chi connectivity index (χ4v) is 6.54. The van der Waals surface area contributed by atoms with Crippen LogP contribution < -0.4 is 0 Å². The van der Waals surface area contributed by atoms with Crippen LogP contribution in [0.5, 0.6) is 0 Å². The average molecular weight is 445 g/mol. The van der Waals surface area contributed by atoms with Crippen LogP contribution in [-0.4, -0.2) is 19.6 Å². The molecule has 0 fully saturated rings. The van der Waals surface area contributed by atoms with Crippen molar-refractivity contribution in [2.24, 2.45) is 5.92 Å². The third-order valence-electron chi connectivity index (χ3n) is 5.81. The van der Waals surface area contributed by atoms with Gasteiger partial charge >= 0.3 is 5.97 Å². The molecule has 0 spiro atoms. The van der Waals surface area contributed by atoms with Crippen LogP contribution in [0.4, 0.5) is 0 Å². The molecule has 1 aliphatic heterocycles. The summed E-state index contributed by atoms with van der Waals surface area (Å²) in [4.78, 5) is 12.6. The summed E-state index contributed by atoms with van der Waals surface area (Å²) in [7, 11) is -1.80. The molecule has 1 aromatic rings. The van der Waals surface area contributed by atoms with E-state index < -0.39 is 13.7 Å². The first-order chi connectivity index (χ1) is 14.9. The van der Waals surface area contributed by atoms with Crippen LogP contribution in [0.1, 0.15) is 56.1 Å². The van der Waals surface area contributed by atoms with Gasteiger partial charge in [-0.25, -0.2) is 4.79 Å². The SMILES string of the molecule is CC1=C/C=C/C(c2ccc(C(=O)OC(C)(C)C)cc2C)=C2/C=CC(C)C=C2[Si](C)(C)C=C1. The summed E-state index contributed by atoms with van der Waals surface area (Å²) in [5.41, 5.74) is 8.48. The van der Waals surface area contributed by atoms with Crippen molar-refractivity contribution in [2.45, 2.75) is 60.2 Å². The molecule has 0 bridgehead atoms. The average Bonchev–Trinajstić information content (AvgIpc) is 2.69. The van der Waals surface area contributed by atoms with E-state index >= 15 is 0 Å². The molecule has 1 heterocycles. The quantitative estimate of drug-likeness (QED) is 0.345. The molecule has 0 aromatic heterocycles. The Morgan fingerprint density at radius 3 is 2.41 bits per heavy atom. The molecule has 1 aromatic carbocycles. The highest BCUT2D eigenvalue weighted by molar-refractivity contribution is 6.89. The number of carbonyl (C=O) groups excluding carboxylic acids is 1. The minimum Gasteiger partial charge on any atom is -0.456 e. The fourth-order valence-electron chi connectivity index (χ4n) is 4.08. The van der Waals surface area contributed by atoms with Gasteiger partial charge in [0.1, 0.15) is 13.7 Å². The molecule has 3 rings (SSSR count). The lowest BCUT2D eigenvalue weighted by Gasteiger charge is -2.30. The maximum atomic E-state index is 12.6. The summed E-state index contributed by atoms with van der Waals surface area (Å²) in [6.07, 6.45) is 15.8. The Labute approximate surface area is 194 Å². The zero-order chi connectivity index (χ0) is 23.7. The number of ether oxygens (including phenoxy) is 1. The molecular weight excluding hydrogens is 408 g/mol. The van der Waals surface area contributed by atoms with Crippen molar-refractivity contribution in [3.63, 3.8) is 0 Å². The highest BCUT2D eigenvalue weighted by atomic mass is 28.3. The van der Waals surface area contributed by atoms with Crippen LogP contribution >= 0.6 is 0 Å². The maximum absolute atomic E-state index is 12.6. The summed E-state index contributed by atoms with van der Waals surface area (Å²) in [5.74, 6) is 0.143. The second kappa shape index (κ2) is 9.07. The van der Waals surface area contributed by atoms with E-state index in [9.17, 15) is 4.79 Å². The van der Waals surface area contributed by atoms with Gasteiger partial charge in [-0.2, -0.15) is 0 Å². The largest absolute Gasteiger partial charge is 0.456 e. The summed E-state index contributed by atoms with van der Waals surface area (Å²) in [5, 5.41) is 1.47. The van der Waals surface area contributed by atoms with Crippen molar-refractivity contribution in [1.82, 2.24) is 0 Å². The van der Waals surface area contributed by atoms with Crippen LogP contribution in [0, 0.1) is 12.8 Å². The van der Waals surface area contributed by atoms with E-state index in [2.05, 4.69) is 88.2 Å². The molecule has 0 radical (unpaired) electrons. The van der Waals surface area contributed by atoms with Crippen LogP contribution in [-0.2, 0) is 4.74 Å². The normalized spacial score (nSPS) is 23.7. The molecule has 0 amide bonds. The summed E-state index contributed by atoms with van der Waals surface area (Å²) >= 11 is 0. The standard InChI is InChI=1S/C29H36O2Si/c1-20-10-9-11-25(26-14-12-21(2)18-27(26)32(7,8)17-16-20)24-15-13-23(19-22(24)3)28(30)31-29(4,5)6/h9-19,21H,1-8H3/b11-9+,17-16?,20-10?,26-25+. The highest BCUT2D eigenvalue weighted by Gasteiger charge is 2.29. The van der Waals surface area contributed by atoms with Crippen LogP contribution in [0.25, 0.3) is 5.57 Å². The van der Waals surface area contributed by atoms with Gasteiger partial charge in [0.15, 0.2) is 0 Å². The van der Waals surface area contributed by atoms with Gasteiger partial charge in [-0.05, 0) is 74.9 Å². The molecule has 0 saturated carbocycles. The summed E-state index contributed by atoms with van der Waals surface area (Å²) < 4.78 is 5.57. The van der Waals surface area contributed by atoms with Gasteiger partial charge in [-0.15, -0.1) is 0 Å². The molecule has 1 aliphatic carbocycles. The van der Waals surface area contributed by atoms with Crippen molar-refractivity contribution in [3.05, 3.63) is 99.5 Å². The van der Waals surface area contributed by atoms with E-state index in [0.29, 0.717) is 11.5 Å². The second-order valence-electron chi connectivity index (χ2n) is 10.5. The second-order valence-corrected chi connectivity index (χ2v) is 14.8. The van der Waals surface area contributed by atoms with E-state index in [4.69, 9.17) is 4.74 Å². The number of rotatable bonds is 2. The molecular formula is C29H36O2Si. The molecule has 3 heteroatoms. The molecule has 1 atom stereocenters. The van der Waals surface area contributed by atoms with Gasteiger partial charge in [0.2, 0.25) is 0 Å². The third-order valence-corrected chi connectivity index (χ3v) is 8.63. The number of hydrogen-bond donors (Lipinski definition) is 0.